The van der Waals surface area contributed by atoms with Gasteiger partial charge in [-0.25, -0.2) is 4.39 Å². The Morgan fingerprint density at radius 1 is 1.15 bits per heavy atom. The molecule has 1 aliphatic carbocycles. The molecule has 0 fully saturated rings. The normalized spacial score (nSPS) is 15.8. The first-order valence-corrected chi connectivity index (χ1v) is 6.74. The van der Waals surface area contributed by atoms with E-state index in [9.17, 15) is 9.18 Å². The molecule has 1 atom stereocenters. The first-order valence-electron chi connectivity index (χ1n) is 5.99. The zero-order chi connectivity index (χ0) is 14.4. The van der Waals surface area contributed by atoms with Gasteiger partial charge in [-0.15, -0.1) is 0 Å². The summed E-state index contributed by atoms with van der Waals surface area (Å²) in [5.41, 5.74) is 2.23. The van der Waals surface area contributed by atoms with Crippen molar-refractivity contribution in [1.82, 2.24) is 0 Å². The van der Waals surface area contributed by atoms with Crippen LogP contribution in [0.1, 0.15) is 23.5 Å². The second-order valence-corrected chi connectivity index (χ2v) is 5.47. The van der Waals surface area contributed by atoms with E-state index in [2.05, 4.69) is 0 Å². The first-order chi connectivity index (χ1) is 9.50. The predicted octanol–water partition coefficient (Wildman–Crippen LogP) is 4.72. The number of aliphatic carboxylic acids is 1. The van der Waals surface area contributed by atoms with Crippen LogP contribution in [0.25, 0.3) is 11.1 Å². The molecule has 0 aliphatic heterocycles. The number of carboxylic acids is 1. The molecule has 0 aromatic heterocycles. The molecular weight excluding hydrogens is 302 g/mol. The van der Waals surface area contributed by atoms with Gasteiger partial charge in [0.25, 0.3) is 0 Å². The molecular formula is C15H9Cl2FO2. The van der Waals surface area contributed by atoms with Crippen LogP contribution in [0.15, 0.2) is 30.3 Å². The minimum atomic E-state index is -0.941. The summed E-state index contributed by atoms with van der Waals surface area (Å²) in [6, 6.07) is 7.97. The molecule has 0 spiro atoms. The lowest BCUT2D eigenvalue weighted by atomic mass is 9.94. The number of fused-ring (bicyclic) bond motifs is 3. The number of carboxylic acid groups (broad SMARTS) is 1. The lowest BCUT2D eigenvalue weighted by molar-refractivity contribution is -0.137. The van der Waals surface area contributed by atoms with E-state index in [1.807, 2.05) is 0 Å². The molecule has 102 valence electrons. The summed E-state index contributed by atoms with van der Waals surface area (Å²) in [4.78, 5) is 11.1. The maximum absolute atomic E-state index is 14.1. The molecule has 0 amide bonds. The molecule has 2 aromatic carbocycles. The van der Waals surface area contributed by atoms with Crippen molar-refractivity contribution < 1.29 is 14.3 Å². The van der Waals surface area contributed by atoms with Gasteiger partial charge in [-0.3, -0.25) is 4.79 Å². The van der Waals surface area contributed by atoms with E-state index in [1.165, 1.54) is 6.07 Å². The second-order valence-electron chi connectivity index (χ2n) is 4.68. The van der Waals surface area contributed by atoms with Crippen molar-refractivity contribution >= 4 is 29.2 Å². The fraction of sp³-hybridized carbons (Fsp3) is 0.133. The Balaban J connectivity index is 2.33. The average Bonchev–Trinajstić information content (AvgIpc) is 2.70. The Hall–Kier alpha value is -1.58. The molecule has 0 saturated heterocycles. The molecule has 2 nitrogen and oxygen atoms in total. The number of halogens is 3. The van der Waals surface area contributed by atoms with E-state index in [-0.39, 0.29) is 11.4 Å². The average molecular weight is 311 g/mol. The van der Waals surface area contributed by atoms with Crippen molar-refractivity contribution in [1.29, 1.82) is 0 Å². The summed E-state index contributed by atoms with van der Waals surface area (Å²) in [6.07, 6.45) is -0.110. The summed E-state index contributed by atoms with van der Waals surface area (Å²) >= 11 is 12.2. The van der Waals surface area contributed by atoms with Gasteiger partial charge in [0.2, 0.25) is 0 Å². The summed E-state index contributed by atoms with van der Waals surface area (Å²) in [6.45, 7) is 0. The van der Waals surface area contributed by atoms with Crippen LogP contribution < -0.4 is 0 Å². The Bertz CT molecular complexity index is 728. The molecule has 0 radical (unpaired) electrons. The minimum absolute atomic E-state index is 0.110. The lowest BCUT2D eigenvalue weighted by Crippen LogP contribution is -2.05. The van der Waals surface area contributed by atoms with E-state index in [0.717, 1.165) is 0 Å². The highest BCUT2D eigenvalue weighted by molar-refractivity contribution is 6.44. The molecule has 5 heteroatoms. The minimum Gasteiger partial charge on any atom is -0.481 e. The Morgan fingerprint density at radius 2 is 1.85 bits per heavy atom. The van der Waals surface area contributed by atoms with E-state index < -0.39 is 17.7 Å². The van der Waals surface area contributed by atoms with Crippen LogP contribution in [0.5, 0.6) is 0 Å². The van der Waals surface area contributed by atoms with Gasteiger partial charge >= 0.3 is 5.97 Å². The van der Waals surface area contributed by atoms with Crippen LogP contribution in [-0.2, 0) is 4.79 Å². The van der Waals surface area contributed by atoms with Crippen LogP contribution in [0, 0.1) is 5.82 Å². The highest BCUT2D eigenvalue weighted by atomic mass is 35.5. The first kappa shape index (κ1) is 13.4. The number of benzene rings is 2. The molecule has 1 unspecified atom stereocenters. The van der Waals surface area contributed by atoms with E-state index in [1.54, 1.807) is 24.3 Å². The van der Waals surface area contributed by atoms with Crippen LogP contribution in [-0.4, -0.2) is 11.1 Å². The van der Waals surface area contributed by atoms with Crippen LogP contribution in [0.4, 0.5) is 4.39 Å². The third-order valence-electron chi connectivity index (χ3n) is 3.55. The number of rotatable bonds is 2. The fourth-order valence-corrected chi connectivity index (χ4v) is 3.19. The predicted molar refractivity (Wildman–Crippen MR) is 76.0 cm³/mol. The van der Waals surface area contributed by atoms with Gasteiger partial charge < -0.3 is 5.11 Å². The SMILES string of the molecule is O=C(O)CC1c2cccc(F)c2-c2c1ccc(Cl)c2Cl. The van der Waals surface area contributed by atoms with Gasteiger partial charge in [-0.05, 0) is 23.3 Å². The zero-order valence-corrected chi connectivity index (χ0v) is 11.7. The topological polar surface area (TPSA) is 37.3 Å². The number of carbonyl (C=O) groups is 1. The molecule has 1 N–H and O–H groups in total. The van der Waals surface area contributed by atoms with E-state index in [4.69, 9.17) is 28.3 Å². The molecule has 3 rings (SSSR count). The van der Waals surface area contributed by atoms with Gasteiger partial charge in [0, 0.05) is 17.0 Å². The number of hydrogen-bond acceptors (Lipinski definition) is 1. The van der Waals surface area contributed by atoms with Crippen molar-refractivity contribution in [3.05, 3.63) is 57.3 Å². The van der Waals surface area contributed by atoms with Crippen molar-refractivity contribution in [2.75, 3.05) is 0 Å². The third kappa shape index (κ3) is 1.89. The van der Waals surface area contributed by atoms with Crippen molar-refractivity contribution in [2.24, 2.45) is 0 Å². The zero-order valence-electron chi connectivity index (χ0n) is 10.2. The largest absolute Gasteiger partial charge is 0.481 e. The highest BCUT2D eigenvalue weighted by Gasteiger charge is 2.34. The molecule has 2 aromatic rings. The van der Waals surface area contributed by atoms with Gasteiger partial charge in [0.05, 0.1) is 16.5 Å². The molecule has 0 saturated carbocycles. The second kappa shape index (κ2) is 4.76. The Morgan fingerprint density at radius 3 is 2.55 bits per heavy atom. The smallest absolute Gasteiger partial charge is 0.304 e. The molecule has 0 bridgehead atoms. The van der Waals surface area contributed by atoms with Crippen LogP contribution >= 0.6 is 23.2 Å². The van der Waals surface area contributed by atoms with Gasteiger partial charge in [0.15, 0.2) is 0 Å². The van der Waals surface area contributed by atoms with Gasteiger partial charge in [-0.1, -0.05) is 41.4 Å². The highest BCUT2D eigenvalue weighted by Crippen LogP contribution is 2.51. The molecule has 1 aliphatic rings. The van der Waals surface area contributed by atoms with Crippen molar-refractivity contribution in [3.63, 3.8) is 0 Å². The fourth-order valence-electron chi connectivity index (χ4n) is 2.77. The van der Waals surface area contributed by atoms with E-state index in [0.29, 0.717) is 27.3 Å². The summed E-state index contributed by atoms with van der Waals surface area (Å²) < 4.78 is 14.1. The standard InChI is InChI=1S/C15H9Cl2FO2/c16-10-5-4-8-9(6-12(19)20)7-2-1-3-11(18)13(7)14(8)15(10)17/h1-5,9H,6H2,(H,19,20). The molecule has 0 heterocycles. The maximum atomic E-state index is 14.1. The van der Waals surface area contributed by atoms with Crippen LogP contribution in [0.2, 0.25) is 10.0 Å². The van der Waals surface area contributed by atoms with Gasteiger partial charge in [-0.2, -0.15) is 0 Å². The quantitative estimate of drug-likeness (QED) is 0.871. The van der Waals surface area contributed by atoms with Crippen molar-refractivity contribution in [3.8, 4) is 11.1 Å². The Kier molecular flexibility index (Phi) is 3.19. The summed E-state index contributed by atoms with van der Waals surface area (Å²) in [5.74, 6) is -1.76. The lowest BCUT2D eigenvalue weighted by Gasteiger charge is -2.11. The van der Waals surface area contributed by atoms with Crippen LogP contribution in [0.3, 0.4) is 0 Å². The monoisotopic (exact) mass is 310 g/mol. The van der Waals surface area contributed by atoms with Crippen molar-refractivity contribution in [2.45, 2.75) is 12.3 Å². The number of hydrogen-bond donors (Lipinski definition) is 1. The maximum Gasteiger partial charge on any atom is 0.304 e. The van der Waals surface area contributed by atoms with E-state index >= 15 is 0 Å². The van der Waals surface area contributed by atoms with Gasteiger partial charge in [0.1, 0.15) is 5.82 Å². The molecule has 20 heavy (non-hydrogen) atoms. The summed E-state index contributed by atoms with van der Waals surface area (Å²) in [7, 11) is 0. The summed E-state index contributed by atoms with van der Waals surface area (Å²) in [5, 5.41) is 9.66. The third-order valence-corrected chi connectivity index (χ3v) is 4.36. The Labute approximate surface area is 124 Å².